The fraction of sp³-hybridized carbons (Fsp3) is 0.176. The summed E-state index contributed by atoms with van der Waals surface area (Å²) in [5, 5.41) is 0. The van der Waals surface area contributed by atoms with Crippen molar-refractivity contribution in [1.82, 2.24) is 4.98 Å². The lowest BCUT2D eigenvalue weighted by Gasteiger charge is -1.98. The van der Waals surface area contributed by atoms with Gasteiger partial charge < -0.3 is 4.42 Å². The molecule has 0 saturated carbocycles. The first kappa shape index (κ1) is 14.9. The lowest BCUT2D eigenvalue weighted by Crippen LogP contribution is -1.87. The van der Waals surface area contributed by atoms with Crippen LogP contribution in [-0.2, 0) is 6.42 Å². The first-order valence-electron chi connectivity index (χ1n) is 6.74. The topological polar surface area (TPSA) is 38.4 Å². The Morgan fingerprint density at radius 3 is 2.67 bits per heavy atom. The molecule has 0 amide bonds. The quantitative estimate of drug-likeness (QED) is 0.591. The predicted octanol–water partition coefficient (Wildman–Crippen LogP) is 4.66. The van der Waals surface area contributed by atoms with Crippen LogP contribution in [0.5, 0.6) is 0 Å². The van der Waals surface area contributed by atoms with E-state index in [4.69, 9.17) is 4.42 Å². The van der Waals surface area contributed by atoms with Gasteiger partial charge in [0.2, 0.25) is 5.89 Å². The Balaban J connectivity index is 2.50. The minimum absolute atomic E-state index is 0.286. The number of halogens is 1. The summed E-state index contributed by atoms with van der Waals surface area (Å²) in [7, 11) is 0. The normalized spacial score (nSPS) is 12.0. The third-order valence-electron chi connectivity index (χ3n) is 2.96. The van der Waals surface area contributed by atoms with Gasteiger partial charge >= 0.3 is 0 Å². The molecule has 2 aromatic rings. The molecule has 0 unspecified atom stereocenters. The van der Waals surface area contributed by atoms with Gasteiger partial charge in [0.25, 0.3) is 0 Å². The van der Waals surface area contributed by atoms with E-state index in [1.807, 2.05) is 26.0 Å². The number of nitrogens with zero attached hydrogens (tertiary/aromatic N) is 2. The van der Waals surface area contributed by atoms with E-state index in [0.717, 1.165) is 23.3 Å². The summed E-state index contributed by atoms with van der Waals surface area (Å²) in [6.45, 7) is 7.40. The molecular weight excluding hydrogens is 267 g/mol. The van der Waals surface area contributed by atoms with Gasteiger partial charge in [-0.15, -0.1) is 0 Å². The van der Waals surface area contributed by atoms with Gasteiger partial charge in [0.05, 0.1) is 5.69 Å². The van der Waals surface area contributed by atoms with Crippen LogP contribution in [0.4, 0.5) is 4.39 Å². The van der Waals surface area contributed by atoms with Crippen LogP contribution in [0, 0.1) is 5.82 Å². The predicted molar refractivity (Wildman–Crippen MR) is 83.6 cm³/mol. The molecule has 0 radical (unpaired) electrons. The second-order valence-electron chi connectivity index (χ2n) is 4.42. The minimum Gasteiger partial charge on any atom is -0.436 e. The van der Waals surface area contributed by atoms with E-state index in [0.29, 0.717) is 11.7 Å². The van der Waals surface area contributed by atoms with E-state index in [9.17, 15) is 4.39 Å². The second kappa shape index (κ2) is 6.79. The Hall–Kier alpha value is -2.49. The summed E-state index contributed by atoms with van der Waals surface area (Å²) in [5.41, 5.74) is 2.39. The van der Waals surface area contributed by atoms with Crippen molar-refractivity contribution in [3.8, 4) is 11.5 Å². The fourth-order valence-electron chi connectivity index (χ4n) is 1.99. The zero-order valence-electron chi connectivity index (χ0n) is 12.1. The summed E-state index contributed by atoms with van der Waals surface area (Å²) in [5.74, 6) is 0.857. The number of aliphatic imine (C=N–C) groups is 1. The SMILES string of the molecule is C=N/C=C(\C=C/C)c1oc(-c2ccc(F)cc2)nc1CC. The van der Waals surface area contributed by atoms with E-state index in [-0.39, 0.29) is 5.82 Å². The maximum Gasteiger partial charge on any atom is 0.227 e. The fourth-order valence-corrected chi connectivity index (χ4v) is 1.99. The molecule has 2 rings (SSSR count). The highest BCUT2D eigenvalue weighted by molar-refractivity contribution is 5.73. The second-order valence-corrected chi connectivity index (χ2v) is 4.42. The lowest BCUT2D eigenvalue weighted by molar-refractivity contribution is 0.559. The standard InChI is InChI=1S/C17H17FN2O/c1-4-6-13(11-19-3)16-15(5-2)20-17(21-16)12-7-9-14(18)10-8-12/h4,6-11H,3,5H2,1-2H3/b6-4-,13-11+. The molecule has 0 N–H and O–H groups in total. The highest BCUT2D eigenvalue weighted by atomic mass is 19.1. The third-order valence-corrected chi connectivity index (χ3v) is 2.96. The molecule has 0 aliphatic rings. The molecule has 0 fully saturated rings. The van der Waals surface area contributed by atoms with Crippen molar-refractivity contribution in [2.24, 2.45) is 4.99 Å². The molecule has 0 saturated heterocycles. The van der Waals surface area contributed by atoms with Crippen molar-refractivity contribution in [2.45, 2.75) is 20.3 Å². The first-order valence-corrected chi connectivity index (χ1v) is 6.74. The summed E-state index contributed by atoms with van der Waals surface area (Å²) in [4.78, 5) is 8.29. The van der Waals surface area contributed by atoms with Crippen LogP contribution in [-0.4, -0.2) is 11.7 Å². The molecule has 4 heteroatoms. The summed E-state index contributed by atoms with van der Waals surface area (Å²) < 4.78 is 18.9. The van der Waals surface area contributed by atoms with Crippen molar-refractivity contribution in [3.05, 3.63) is 59.9 Å². The van der Waals surface area contributed by atoms with Crippen LogP contribution in [0.25, 0.3) is 17.0 Å². The average molecular weight is 284 g/mol. The van der Waals surface area contributed by atoms with Gasteiger partial charge in [-0.05, 0) is 44.3 Å². The molecule has 21 heavy (non-hydrogen) atoms. The number of hydrogen-bond donors (Lipinski definition) is 0. The van der Waals surface area contributed by atoms with E-state index in [1.165, 1.54) is 12.1 Å². The number of benzene rings is 1. The van der Waals surface area contributed by atoms with Crippen LogP contribution in [0.3, 0.4) is 0 Å². The molecule has 1 heterocycles. The van der Waals surface area contributed by atoms with Gasteiger partial charge in [0.15, 0.2) is 5.76 Å². The van der Waals surface area contributed by atoms with Crippen LogP contribution in [0.2, 0.25) is 0 Å². The third kappa shape index (κ3) is 3.34. The monoisotopic (exact) mass is 284 g/mol. The van der Waals surface area contributed by atoms with Gasteiger partial charge in [0, 0.05) is 17.3 Å². The van der Waals surface area contributed by atoms with Crippen molar-refractivity contribution >= 4 is 12.3 Å². The average Bonchev–Trinajstić information content (AvgIpc) is 2.92. The number of oxazole rings is 1. The van der Waals surface area contributed by atoms with Crippen molar-refractivity contribution in [2.75, 3.05) is 0 Å². The number of rotatable bonds is 5. The first-order chi connectivity index (χ1) is 10.2. The highest BCUT2D eigenvalue weighted by Crippen LogP contribution is 2.28. The lowest BCUT2D eigenvalue weighted by atomic mass is 10.1. The van der Waals surface area contributed by atoms with Crippen LogP contribution < -0.4 is 0 Å². The van der Waals surface area contributed by atoms with Gasteiger partial charge in [-0.1, -0.05) is 19.1 Å². The van der Waals surface area contributed by atoms with Gasteiger partial charge in [-0.2, -0.15) is 0 Å². The van der Waals surface area contributed by atoms with Crippen molar-refractivity contribution in [1.29, 1.82) is 0 Å². The molecule has 108 valence electrons. The van der Waals surface area contributed by atoms with E-state index in [2.05, 4.69) is 16.7 Å². The summed E-state index contributed by atoms with van der Waals surface area (Å²) in [6, 6.07) is 6.07. The zero-order chi connectivity index (χ0) is 15.2. The van der Waals surface area contributed by atoms with Gasteiger partial charge in [-0.25, -0.2) is 9.37 Å². The summed E-state index contributed by atoms with van der Waals surface area (Å²) in [6.07, 6.45) is 6.15. The molecule has 0 atom stereocenters. The largest absolute Gasteiger partial charge is 0.436 e. The molecule has 3 nitrogen and oxygen atoms in total. The molecular formula is C17H17FN2O. The highest BCUT2D eigenvalue weighted by Gasteiger charge is 2.15. The maximum absolute atomic E-state index is 13.0. The van der Waals surface area contributed by atoms with Crippen LogP contribution in [0.15, 0.2) is 52.0 Å². The molecule has 1 aromatic carbocycles. The number of aryl methyl sites for hydroxylation is 1. The Labute approximate surface area is 123 Å². The van der Waals surface area contributed by atoms with Gasteiger partial charge in [-0.3, -0.25) is 4.99 Å². The number of hydrogen-bond acceptors (Lipinski definition) is 3. The van der Waals surface area contributed by atoms with Crippen LogP contribution >= 0.6 is 0 Å². The molecule has 0 spiro atoms. The van der Waals surface area contributed by atoms with Crippen molar-refractivity contribution in [3.63, 3.8) is 0 Å². The number of aromatic nitrogens is 1. The smallest absolute Gasteiger partial charge is 0.227 e. The molecule has 0 bridgehead atoms. The molecule has 1 aromatic heterocycles. The van der Waals surface area contributed by atoms with Gasteiger partial charge in [0.1, 0.15) is 5.82 Å². The molecule has 0 aliphatic carbocycles. The van der Waals surface area contributed by atoms with E-state index in [1.54, 1.807) is 18.3 Å². The Kier molecular flexibility index (Phi) is 4.82. The number of allylic oxidation sites excluding steroid dienone is 3. The minimum atomic E-state index is -0.286. The maximum atomic E-state index is 13.0. The van der Waals surface area contributed by atoms with E-state index >= 15 is 0 Å². The zero-order valence-corrected chi connectivity index (χ0v) is 12.1. The van der Waals surface area contributed by atoms with E-state index < -0.39 is 0 Å². The van der Waals surface area contributed by atoms with Crippen molar-refractivity contribution < 1.29 is 8.81 Å². The Morgan fingerprint density at radius 1 is 1.38 bits per heavy atom. The Morgan fingerprint density at radius 2 is 2.10 bits per heavy atom. The van der Waals surface area contributed by atoms with Crippen LogP contribution in [0.1, 0.15) is 25.3 Å². The Bertz CT molecular complexity index is 681. The molecule has 0 aliphatic heterocycles. The summed E-state index contributed by atoms with van der Waals surface area (Å²) >= 11 is 0.